The number of rotatable bonds is 7. The van der Waals surface area contributed by atoms with Crippen molar-refractivity contribution in [2.45, 2.75) is 58.7 Å². The minimum atomic E-state index is -1.84. The molecule has 0 unspecified atom stereocenters. The van der Waals surface area contributed by atoms with Crippen molar-refractivity contribution in [2.75, 3.05) is 18.5 Å². The van der Waals surface area contributed by atoms with Gasteiger partial charge in [-0.15, -0.1) is 10.2 Å². The van der Waals surface area contributed by atoms with Crippen LogP contribution in [0.1, 0.15) is 45.5 Å². The van der Waals surface area contributed by atoms with Gasteiger partial charge in [-0.3, -0.25) is 5.32 Å². The van der Waals surface area contributed by atoms with Crippen molar-refractivity contribution in [3.05, 3.63) is 21.7 Å². The van der Waals surface area contributed by atoms with Crippen LogP contribution in [0.3, 0.4) is 0 Å². The molecule has 0 spiro atoms. The molecule has 2 N–H and O–H groups in total. The van der Waals surface area contributed by atoms with Gasteiger partial charge >= 0.3 is 6.09 Å². The van der Waals surface area contributed by atoms with E-state index in [1.807, 2.05) is 6.07 Å². The van der Waals surface area contributed by atoms with Gasteiger partial charge in [0, 0.05) is 23.2 Å². The van der Waals surface area contributed by atoms with Gasteiger partial charge < -0.3 is 14.5 Å². The summed E-state index contributed by atoms with van der Waals surface area (Å²) in [5.74, 6) is 0.571. The smallest absolute Gasteiger partial charge is 0.413 e. The van der Waals surface area contributed by atoms with E-state index in [0.29, 0.717) is 23.0 Å². The Balaban J connectivity index is 2.17. The molecule has 0 aliphatic heterocycles. The molecule has 1 atom stereocenters. The van der Waals surface area contributed by atoms with E-state index < -0.39 is 14.4 Å². The topological polar surface area (TPSA) is 98.3 Å². The van der Waals surface area contributed by atoms with Crippen LogP contribution < -0.4 is 10.6 Å². The average molecular weight is 561 g/mol. The van der Waals surface area contributed by atoms with E-state index in [0.717, 1.165) is 9.48 Å². The Bertz CT molecular complexity index is 965. The van der Waals surface area contributed by atoms with Crippen LogP contribution in [0.2, 0.25) is 18.1 Å². The maximum atomic E-state index is 11.6. The number of hydrogen-bond donors (Lipinski definition) is 2. The molecule has 12 heteroatoms. The molecule has 0 radical (unpaired) electrons. The van der Waals surface area contributed by atoms with Crippen LogP contribution in [0, 0.1) is 0 Å². The second-order valence-electron chi connectivity index (χ2n) is 8.77. The fourth-order valence-electron chi connectivity index (χ4n) is 2.26. The number of carbonyl (C=O) groups excluding carboxylic acids is 1. The van der Waals surface area contributed by atoms with Crippen molar-refractivity contribution in [3.63, 3.8) is 0 Å². The molecule has 32 heavy (non-hydrogen) atoms. The van der Waals surface area contributed by atoms with Gasteiger partial charge in [-0.05, 0) is 59.3 Å². The average Bonchev–Trinajstić information content (AvgIpc) is 3.17. The number of carbonyl (C=O) groups is 1. The van der Waals surface area contributed by atoms with E-state index in [4.69, 9.17) is 21.4 Å². The zero-order valence-electron chi connectivity index (χ0n) is 19.4. The van der Waals surface area contributed by atoms with Crippen LogP contribution in [-0.2, 0) is 9.16 Å². The number of nitrogens with one attached hydrogen (secondary N) is 2. The summed E-state index contributed by atoms with van der Waals surface area (Å²) in [6.07, 6.45) is 1.01. The Labute approximate surface area is 208 Å². The molecule has 2 aromatic rings. The molecule has 0 bridgehead atoms. The predicted molar refractivity (Wildman–Crippen MR) is 139 cm³/mol. The van der Waals surface area contributed by atoms with E-state index >= 15 is 0 Å². The van der Waals surface area contributed by atoms with Gasteiger partial charge in [0.2, 0.25) is 0 Å². The van der Waals surface area contributed by atoms with Gasteiger partial charge in [0.1, 0.15) is 10.8 Å². The lowest BCUT2D eigenvalue weighted by Gasteiger charge is -2.36. The zero-order valence-corrected chi connectivity index (χ0v) is 23.6. The van der Waals surface area contributed by atoms with E-state index in [-0.39, 0.29) is 22.7 Å². The van der Waals surface area contributed by atoms with Crippen molar-refractivity contribution in [1.29, 1.82) is 0 Å². The molecule has 2 heterocycles. The number of nitrogens with zero attached hydrogens (tertiary/aromatic N) is 3. The predicted octanol–water partition coefficient (Wildman–Crippen LogP) is 5.93. The maximum absolute atomic E-state index is 11.6. The molecule has 8 nitrogen and oxygen atoms in total. The number of aromatic nitrogens is 3. The maximum Gasteiger partial charge on any atom is 0.413 e. The Morgan fingerprint density at radius 2 is 2.03 bits per heavy atom. The number of ether oxygens (including phenoxy) is 1. The van der Waals surface area contributed by atoms with E-state index in [1.165, 1.54) is 11.3 Å². The Morgan fingerprint density at radius 1 is 1.34 bits per heavy atom. The normalized spacial score (nSPS) is 12.9. The highest BCUT2D eigenvalue weighted by Crippen LogP contribution is 2.38. The number of anilines is 1. The highest BCUT2D eigenvalue weighted by Gasteiger charge is 2.37. The second kappa shape index (κ2) is 11.1. The van der Waals surface area contributed by atoms with Gasteiger partial charge in [0.25, 0.3) is 0 Å². The summed E-state index contributed by atoms with van der Waals surface area (Å²) in [7, 11) is -1.84. The van der Waals surface area contributed by atoms with Crippen LogP contribution in [0.25, 0.3) is 10.6 Å². The lowest BCUT2D eigenvalue weighted by molar-refractivity contribution is 0.158. The Kier molecular flexibility index (Phi) is 9.29. The van der Waals surface area contributed by atoms with Crippen molar-refractivity contribution in [2.24, 2.45) is 0 Å². The molecule has 0 aliphatic rings. The first-order valence-corrected chi connectivity index (χ1v) is 15.1. The monoisotopic (exact) mass is 559 g/mol. The minimum absolute atomic E-state index is 0.0837. The lowest BCUT2D eigenvalue weighted by atomic mass is 10.2. The first-order chi connectivity index (χ1) is 14.8. The number of pyridine rings is 1. The molecule has 0 aromatic carbocycles. The molecule has 2 rings (SSSR count). The molecular formula is C20H30BrN5O3S2Si. The highest BCUT2D eigenvalue weighted by atomic mass is 79.9. The number of alkyl carbamates (subject to hydrolysis) is 1. The third kappa shape index (κ3) is 7.27. The number of amides is 1. The third-order valence-electron chi connectivity index (χ3n) is 5.17. The summed E-state index contributed by atoms with van der Waals surface area (Å²) in [5.41, 5.74) is 0.716. The fourth-order valence-corrected chi connectivity index (χ4v) is 4.77. The molecule has 176 valence electrons. The summed E-state index contributed by atoms with van der Waals surface area (Å²) in [6.45, 7) is 15.8. The lowest BCUT2D eigenvalue weighted by Crippen LogP contribution is -2.41. The van der Waals surface area contributed by atoms with Crippen LogP contribution >= 0.6 is 39.5 Å². The van der Waals surface area contributed by atoms with Gasteiger partial charge in [0.05, 0.1) is 12.2 Å². The molecular weight excluding hydrogens is 530 g/mol. The van der Waals surface area contributed by atoms with Gasteiger partial charge in [-0.1, -0.05) is 39.0 Å². The summed E-state index contributed by atoms with van der Waals surface area (Å²) in [4.78, 5) is 16.0. The van der Waals surface area contributed by atoms with E-state index in [2.05, 4.69) is 82.5 Å². The van der Waals surface area contributed by atoms with Crippen molar-refractivity contribution >= 4 is 64.8 Å². The largest absolute Gasteiger partial charge is 0.450 e. The molecule has 0 saturated heterocycles. The van der Waals surface area contributed by atoms with Gasteiger partial charge in [0.15, 0.2) is 18.4 Å². The van der Waals surface area contributed by atoms with Gasteiger partial charge in [-0.2, -0.15) is 0 Å². The molecule has 0 saturated carbocycles. The Hall–Kier alpha value is -1.47. The highest BCUT2D eigenvalue weighted by molar-refractivity contribution is 9.10. The minimum Gasteiger partial charge on any atom is -0.450 e. The van der Waals surface area contributed by atoms with Crippen LogP contribution in [-0.4, -0.2) is 47.9 Å². The number of halogens is 1. The molecule has 0 fully saturated rings. The molecule has 1 amide bonds. The molecule has 0 aliphatic carbocycles. The second-order valence-corrected chi connectivity index (χ2v) is 15.9. The fraction of sp³-hybridized carbons (Fsp3) is 0.550. The Morgan fingerprint density at radius 3 is 2.66 bits per heavy atom. The number of thiocarbonyl (C=S) groups is 1. The van der Waals surface area contributed by atoms with Crippen LogP contribution in [0.5, 0.6) is 0 Å². The first-order valence-electron chi connectivity index (χ1n) is 10.2. The summed E-state index contributed by atoms with van der Waals surface area (Å²) < 4.78 is 12.0. The van der Waals surface area contributed by atoms with E-state index in [9.17, 15) is 4.79 Å². The van der Waals surface area contributed by atoms with Crippen molar-refractivity contribution < 1.29 is 14.0 Å². The third-order valence-corrected chi connectivity index (χ3v) is 11.5. The SMILES string of the molecule is CCOC(=O)NC(=S)Nc1ncc(Br)cc1-c1nnc([C@@H](C)CO[Si](C)(C)C(C)(C)C)s1. The van der Waals surface area contributed by atoms with Crippen LogP contribution in [0.4, 0.5) is 10.6 Å². The zero-order chi connectivity index (χ0) is 24.1. The molecule has 2 aromatic heterocycles. The van der Waals surface area contributed by atoms with Crippen LogP contribution in [0.15, 0.2) is 16.7 Å². The van der Waals surface area contributed by atoms with Crippen molar-refractivity contribution in [1.82, 2.24) is 20.5 Å². The first kappa shape index (κ1) is 26.8. The number of hydrogen-bond acceptors (Lipinski definition) is 8. The quantitative estimate of drug-likeness (QED) is 0.318. The standard InChI is InChI=1S/C20H30BrN5O3S2Si/c1-8-28-19(27)24-18(30)23-15-14(9-13(21)10-22-15)17-26-25-16(31-17)12(2)11-29-32(6,7)20(3,4)5/h9-10,12H,8,11H2,1-7H3,(H2,22,23,24,27,30)/t12-/m0/s1. The van der Waals surface area contributed by atoms with Gasteiger partial charge in [-0.25, -0.2) is 9.78 Å². The summed E-state index contributed by atoms with van der Waals surface area (Å²) >= 11 is 10.1. The van der Waals surface area contributed by atoms with E-state index in [1.54, 1.807) is 13.1 Å². The van der Waals surface area contributed by atoms with Crippen molar-refractivity contribution in [3.8, 4) is 10.6 Å². The summed E-state index contributed by atoms with van der Waals surface area (Å²) in [6, 6.07) is 1.88. The summed E-state index contributed by atoms with van der Waals surface area (Å²) in [5, 5.41) is 16.0.